The Bertz CT molecular complexity index is 239. The number of ether oxygens (including phenoxy) is 2. The fourth-order valence-corrected chi connectivity index (χ4v) is 2.29. The number of hydrogen-bond donors (Lipinski definition) is 2. The fraction of sp³-hybridized carbons (Fsp3) is 0.909. The Hall–Kier alpha value is -0.810. The molecule has 5 nitrogen and oxygen atoms in total. The lowest BCUT2D eigenvalue weighted by Crippen LogP contribution is -2.34. The normalized spacial score (nSPS) is 34.6. The first-order valence-corrected chi connectivity index (χ1v) is 6.01. The summed E-state index contributed by atoms with van der Waals surface area (Å²) in [5, 5.41) is 5.91. The van der Waals surface area contributed by atoms with Crippen molar-refractivity contribution in [1.82, 2.24) is 10.6 Å². The Morgan fingerprint density at radius 2 is 2.19 bits per heavy atom. The van der Waals surface area contributed by atoms with Crippen LogP contribution in [0.3, 0.4) is 0 Å². The second-order valence-electron chi connectivity index (χ2n) is 4.50. The molecule has 2 N–H and O–H groups in total. The van der Waals surface area contributed by atoms with Gasteiger partial charge in [0.25, 0.3) is 0 Å². The first-order chi connectivity index (χ1) is 7.78. The number of cyclic esters (lactones) is 1. The molecule has 0 aromatic rings. The maximum absolute atomic E-state index is 10.8. The Labute approximate surface area is 95.9 Å². The molecule has 1 unspecified atom stereocenters. The molecule has 1 saturated carbocycles. The van der Waals surface area contributed by atoms with Crippen LogP contribution in [0, 0.1) is 0 Å². The summed E-state index contributed by atoms with van der Waals surface area (Å²) < 4.78 is 10.8. The Morgan fingerprint density at radius 1 is 1.44 bits per heavy atom. The highest BCUT2D eigenvalue weighted by Crippen LogP contribution is 2.21. The molecule has 16 heavy (non-hydrogen) atoms. The van der Waals surface area contributed by atoms with E-state index in [9.17, 15) is 4.79 Å². The van der Waals surface area contributed by atoms with Gasteiger partial charge >= 0.3 is 6.09 Å². The van der Waals surface area contributed by atoms with Gasteiger partial charge in [-0.15, -0.1) is 0 Å². The predicted octanol–water partition coefficient (Wildman–Crippen LogP) is 0.642. The molecule has 0 aromatic heterocycles. The highest BCUT2D eigenvalue weighted by molar-refractivity contribution is 5.69. The number of rotatable bonds is 4. The van der Waals surface area contributed by atoms with E-state index in [0.717, 1.165) is 12.8 Å². The molecule has 1 atom stereocenters. The summed E-state index contributed by atoms with van der Waals surface area (Å²) in [4.78, 5) is 10.8. The second kappa shape index (κ2) is 5.50. The lowest BCUT2D eigenvalue weighted by Gasteiger charge is -2.28. The Kier molecular flexibility index (Phi) is 4.01. The van der Waals surface area contributed by atoms with Crippen molar-refractivity contribution in [3.63, 3.8) is 0 Å². The average molecular weight is 228 g/mol. The number of amides is 1. The van der Waals surface area contributed by atoms with Crippen LogP contribution in [0.15, 0.2) is 0 Å². The van der Waals surface area contributed by atoms with Gasteiger partial charge in [-0.25, -0.2) is 4.79 Å². The van der Waals surface area contributed by atoms with E-state index in [-0.39, 0.29) is 12.2 Å². The molecule has 5 heteroatoms. The molecule has 2 rings (SSSR count). The molecule has 1 aliphatic carbocycles. The maximum Gasteiger partial charge on any atom is 0.407 e. The molecule has 1 amide bonds. The number of carbonyl (C=O) groups is 1. The average Bonchev–Trinajstić information content (AvgIpc) is 2.73. The monoisotopic (exact) mass is 228 g/mol. The summed E-state index contributed by atoms with van der Waals surface area (Å²) in [6.45, 7) is 1.10. The largest absolute Gasteiger partial charge is 0.442 e. The summed E-state index contributed by atoms with van der Waals surface area (Å²) in [5.41, 5.74) is 0. The summed E-state index contributed by atoms with van der Waals surface area (Å²) in [5.74, 6) is 0. The SMILES string of the molecule is CNC1CCC(OCC2CNC(=O)O2)CC1. The van der Waals surface area contributed by atoms with Crippen molar-refractivity contribution in [3.8, 4) is 0 Å². The number of alkyl carbamates (subject to hydrolysis) is 1. The zero-order valence-corrected chi connectivity index (χ0v) is 9.70. The molecule has 0 radical (unpaired) electrons. The topological polar surface area (TPSA) is 59.6 Å². The lowest BCUT2D eigenvalue weighted by atomic mass is 9.93. The summed E-state index contributed by atoms with van der Waals surface area (Å²) in [6.07, 6.45) is 4.44. The van der Waals surface area contributed by atoms with E-state index in [1.54, 1.807) is 0 Å². The van der Waals surface area contributed by atoms with Gasteiger partial charge in [-0.1, -0.05) is 0 Å². The number of carbonyl (C=O) groups excluding carboxylic acids is 1. The zero-order chi connectivity index (χ0) is 11.4. The van der Waals surface area contributed by atoms with E-state index in [1.165, 1.54) is 12.8 Å². The summed E-state index contributed by atoms with van der Waals surface area (Å²) >= 11 is 0. The molecule has 0 spiro atoms. The van der Waals surface area contributed by atoms with Crippen LogP contribution in [0.25, 0.3) is 0 Å². The van der Waals surface area contributed by atoms with Gasteiger partial charge in [-0.05, 0) is 32.7 Å². The van der Waals surface area contributed by atoms with Gasteiger partial charge in [-0.3, -0.25) is 0 Å². The molecule has 2 aliphatic rings. The second-order valence-corrected chi connectivity index (χ2v) is 4.50. The highest BCUT2D eigenvalue weighted by atomic mass is 16.6. The van der Waals surface area contributed by atoms with Gasteiger partial charge in [-0.2, -0.15) is 0 Å². The third-order valence-electron chi connectivity index (χ3n) is 3.35. The molecule has 1 aliphatic heterocycles. The minimum Gasteiger partial charge on any atom is -0.442 e. The van der Waals surface area contributed by atoms with Gasteiger partial charge in [0.15, 0.2) is 0 Å². The lowest BCUT2D eigenvalue weighted by molar-refractivity contribution is -0.0184. The molecule has 0 aromatic carbocycles. The quantitative estimate of drug-likeness (QED) is 0.741. The summed E-state index contributed by atoms with van der Waals surface area (Å²) in [7, 11) is 2.01. The van der Waals surface area contributed by atoms with E-state index in [4.69, 9.17) is 9.47 Å². The maximum atomic E-state index is 10.8. The third kappa shape index (κ3) is 3.09. The predicted molar refractivity (Wildman–Crippen MR) is 59.3 cm³/mol. The summed E-state index contributed by atoms with van der Waals surface area (Å²) in [6, 6.07) is 0.644. The van der Waals surface area contributed by atoms with Gasteiger partial charge in [0, 0.05) is 6.04 Å². The van der Waals surface area contributed by atoms with Gasteiger partial charge < -0.3 is 20.1 Å². The molecule has 1 heterocycles. The van der Waals surface area contributed by atoms with E-state index in [0.29, 0.717) is 25.3 Å². The van der Waals surface area contributed by atoms with Crippen LogP contribution in [-0.2, 0) is 9.47 Å². The fourth-order valence-electron chi connectivity index (χ4n) is 2.29. The molecule has 1 saturated heterocycles. The standard InChI is InChI=1S/C11H20N2O3/c1-12-8-2-4-9(5-3-8)15-7-10-6-13-11(14)16-10/h8-10,12H,2-7H2,1H3,(H,13,14). The van der Waals surface area contributed by atoms with Crippen LogP contribution in [0.4, 0.5) is 4.79 Å². The minimum atomic E-state index is -0.326. The van der Waals surface area contributed by atoms with E-state index < -0.39 is 0 Å². The molecular formula is C11H20N2O3. The van der Waals surface area contributed by atoms with Crippen LogP contribution in [-0.4, -0.2) is 44.5 Å². The first kappa shape index (κ1) is 11.7. The van der Waals surface area contributed by atoms with Crippen molar-refractivity contribution < 1.29 is 14.3 Å². The van der Waals surface area contributed by atoms with Gasteiger partial charge in [0.2, 0.25) is 0 Å². The number of nitrogens with one attached hydrogen (secondary N) is 2. The van der Waals surface area contributed by atoms with Crippen LogP contribution in [0.5, 0.6) is 0 Å². The molecular weight excluding hydrogens is 208 g/mol. The van der Waals surface area contributed by atoms with Crippen LogP contribution < -0.4 is 10.6 Å². The smallest absolute Gasteiger partial charge is 0.407 e. The van der Waals surface area contributed by atoms with Crippen molar-refractivity contribution in [2.75, 3.05) is 20.2 Å². The van der Waals surface area contributed by atoms with Gasteiger partial charge in [0.1, 0.15) is 6.10 Å². The Balaban J connectivity index is 1.62. The van der Waals surface area contributed by atoms with Crippen LogP contribution >= 0.6 is 0 Å². The molecule has 92 valence electrons. The van der Waals surface area contributed by atoms with Crippen molar-refractivity contribution in [3.05, 3.63) is 0 Å². The minimum absolute atomic E-state index is 0.102. The molecule has 0 bridgehead atoms. The van der Waals surface area contributed by atoms with Gasteiger partial charge in [0.05, 0.1) is 19.3 Å². The van der Waals surface area contributed by atoms with Crippen LogP contribution in [0.1, 0.15) is 25.7 Å². The molecule has 2 fully saturated rings. The van der Waals surface area contributed by atoms with Crippen molar-refractivity contribution in [2.24, 2.45) is 0 Å². The van der Waals surface area contributed by atoms with Crippen LogP contribution in [0.2, 0.25) is 0 Å². The zero-order valence-electron chi connectivity index (χ0n) is 9.70. The number of hydrogen-bond acceptors (Lipinski definition) is 4. The third-order valence-corrected chi connectivity index (χ3v) is 3.35. The van der Waals surface area contributed by atoms with Crippen molar-refractivity contribution >= 4 is 6.09 Å². The Morgan fingerprint density at radius 3 is 2.75 bits per heavy atom. The van der Waals surface area contributed by atoms with Crippen molar-refractivity contribution in [1.29, 1.82) is 0 Å². The highest BCUT2D eigenvalue weighted by Gasteiger charge is 2.25. The first-order valence-electron chi connectivity index (χ1n) is 6.01. The van der Waals surface area contributed by atoms with E-state index in [2.05, 4.69) is 10.6 Å². The van der Waals surface area contributed by atoms with Crippen molar-refractivity contribution in [2.45, 2.75) is 43.9 Å². The van der Waals surface area contributed by atoms with E-state index in [1.807, 2.05) is 7.05 Å². The van der Waals surface area contributed by atoms with E-state index >= 15 is 0 Å².